The van der Waals surface area contributed by atoms with Crippen molar-refractivity contribution < 1.29 is 56.4 Å². The number of aliphatic hydroxyl groups is 2. The molecular weight excluding hydrogens is 1170 g/mol. The molecule has 0 saturated carbocycles. The third kappa shape index (κ3) is 15.4. The van der Waals surface area contributed by atoms with Gasteiger partial charge in [0.25, 0.3) is 11.8 Å². The summed E-state index contributed by atoms with van der Waals surface area (Å²) in [6, 6.07) is 29.2. The molecule has 90 heavy (non-hydrogen) atoms. The molecule has 12 rings (SSSR count). The number of hydrogen-bond donors (Lipinski definition) is 4. The molecule has 0 saturated heterocycles. The number of likely N-dealkylation sites (N-methyl/N-ethyl adjacent to an activating group) is 2. The van der Waals surface area contributed by atoms with Gasteiger partial charge in [-0.1, -0.05) is 60.7 Å². The van der Waals surface area contributed by atoms with Gasteiger partial charge in [0.1, 0.15) is 37.3 Å². The second-order valence-corrected chi connectivity index (χ2v) is 21.1. The molecule has 6 N–H and O–H groups in total. The quantitative estimate of drug-likeness (QED) is 0.0659. The van der Waals surface area contributed by atoms with E-state index in [1.54, 1.807) is 71.0 Å². The molecule has 2 amide bonds. The van der Waals surface area contributed by atoms with Crippen LogP contribution in [0.2, 0.25) is 0 Å². The van der Waals surface area contributed by atoms with Gasteiger partial charge in [0, 0.05) is 80.4 Å². The van der Waals surface area contributed by atoms with Crippen LogP contribution in [0.3, 0.4) is 0 Å². The fourth-order valence-corrected chi connectivity index (χ4v) is 9.74. The van der Waals surface area contributed by atoms with E-state index in [0.29, 0.717) is 71.2 Å². The summed E-state index contributed by atoms with van der Waals surface area (Å²) in [5, 5.41) is 18.7. The maximum Gasteiger partial charge on any atom is 0.508 e. The first-order valence-electron chi connectivity index (χ1n) is 27.9. The predicted molar refractivity (Wildman–Crippen MR) is 326 cm³/mol. The highest BCUT2D eigenvalue weighted by molar-refractivity contribution is 6.07. The van der Waals surface area contributed by atoms with Gasteiger partial charge in [0.05, 0.1) is 24.2 Å². The van der Waals surface area contributed by atoms with E-state index in [0.717, 1.165) is 53.1 Å². The molecule has 10 aromatic rings. The van der Waals surface area contributed by atoms with Crippen molar-refractivity contribution in [2.75, 3.05) is 66.0 Å². The molecule has 0 bridgehead atoms. The number of aliphatic hydroxyl groups excluding tert-OH is 2. The Kier molecular flexibility index (Phi) is 20.6. The molecule has 0 atom stereocenters. The van der Waals surface area contributed by atoms with Crippen molar-refractivity contribution in [3.8, 4) is 22.3 Å². The number of anilines is 2. The summed E-state index contributed by atoms with van der Waals surface area (Å²) in [4.78, 5) is 82.0. The third-order valence-corrected chi connectivity index (χ3v) is 14.3. The average molecular weight is 1230 g/mol. The largest absolute Gasteiger partial charge is 0.508 e. The zero-order valence-corrected chi connectivity index (χ0v) is 49.3. The predicted octanol–water partition coefficient (Wildman–Crippen LogP) is 8.47. The molecule has 22 nitrogen and oxygen atoms in total. The topological polar surface area (TPSA) is 279 Å². The standard InChI is InChI=1S/C29H27F2N5O4.C24H18F2N4O2.C7H6N4O.C4H11NO/c1-35(2)9-10-39-29(38)40-16-20-12-23(30)24(31)13-21(20)17-7-8-25-22(11-17)26(34-28(32)33-25)27(37)36-14-18-5-3-4-6-19(18)15-36;25-19-8-16(12-31)17(9-20(19)26)13-5-6-21-18(7-13)22(29-24(27)28-21)23(32)30-10-14-3-1-2-4-15(14)11-30;12-7(10-3-1-8-5-10)11-4-2-9-6-11;1-5(2)3-4-6/h3-8,11-13H,9-10,14-16H2,1-2H3,(H2,32,33,34);1-9,31H,10-12H2,(H2,27,28,29);1-6H;6H,3-4H2,1-2H3. The Bertz CT molecular complexity index is 4150. The molecule has 6 heterocycles. The summed E-state index contributed by atoms with van der Waals surface area (Å²) in [5.41, 5.74) is 19.1. The van der Waals surface area contributed by atoms with Gasteiger partial charge in [-0.2, -0.15) is 0 Å². The summed E-state index contributed by atoms with van der Waals surface area (Å²) in [6.45, 7) is 2.57. The van der Waals surface area contributed by atoms with Crippen molar-refractivity contribution in [2.45, 2.75) is 39.4 Å². The summed E-state index contributed by atoms with van der Waals surface area (Å²) >= 11 is 0. The highest BCUT2D eigenvalue weighted by Gasteiger charge is 2.29. The SMILES string of the molecule is CN(C)CCO.CN(C)CCOC(=O)OCc1cc(F)c(F)cc1-c1ccc2nc(N)nc(C(=O)N3Cc4ccccc4C3)c2c1.Nc1nc(C(=O)N2Cc3ccccc3C2)c2cc(-c3cc(F)c(F)cc3CO)ccc2n1.O=C(n1ccnc1)n1ccnc1. The number of imidazole rings is 2. The number of ether oxygens (including phenoxy) is 2. The third-order valence-electron chi connectivity index (χ3n) is 14.3. The molecule has 0 aliphatic carbocycles. The fourth-order valence-electron chi connectivity index (χ4n) is 9.74. The van der Waals surface area contributed by atoms with Crippen molar-refractivity contribution >= 4 is 57.7 Å². The van der Waals surface area contributed by atoms with E-state index in [1.165, 1.54) is 21.8 Å². The number of nitrogens with zero attached hydrogens (tertiary/aromatic N) is 12. The van der Waals surface area contributed by atoms with Crippen LogP contribution in [0.5, 0.6) is 0 Å². The van der Waals surface area contributed by atoms with Crippen LogP contribution in [0.25, 0.3) is 44.1 Å². The lowest BCUT2D eigenvalue weighted by Gasteiger charge is -2.17. The zero-order valence-electron chi connectivity index (χ0n) is 49.3. The zero-order chi connectivity index (χ0) is 64.2. The first-order valence-corrected chi connectivity index (χ1v) is 27.9. The molecule has 464 valence electrons. The van der Waals surface area contributed by atoms with Crippen molar-refractivity contribution in [1.29, 1.82) is 0 Å². The number of nitrogens with two attached hydrogens (primary N) is 2. The molecule has 0 fully saturated rings. The van der Waals surface area contributed by atoms with Crippen LogP contribution in [0.15, 0.2) is 147 Å². The fraction of sp³-hybridized carbons (Fsp3) is 0.219. The number of nitrogen functional groups attached to an aromatic ring is 2. The number of fused-ring (bicyclic) bond motifs is 4. The molecule has 2 aliphatic heterocycles. The minimum atomic E-state index is -1.09. The first kappa shape index (κ1) is 63.9. The van der Waals surface area contributed by atoms with Gasteiger partial charge < -0.3 is 50.8 Å². The number of halogens is 4. The van der Waals surface area contributed by atoms with Crippen LogP contribution >= 0.6 is 0 Å². The number of carbonyl (C=O) groups is 4. The lowest BCUT2D eigenvalue weighted by Crippen LogP contribution is -2.27. The lowest BCUT2D eigenvalue weighted by atomic mass is 9.97. The minimum Gasteiger partial charge on any atom is -0.433 e. The maximum absolute atomic E-state index is 14.4. The number of hydrogen-bond acceptors (Lipinski definition) is 18. The smallest absolute Gasteiger partial charge is 0.433 e. The van der Waals surface area contributed by atoms with E-state index in [-0.39, 0.29) is 77.6 Å². The maximum atomic E-state index is 14.4. The van der Waals surface area contributed by atoms with Crippen LogP contribution in [-0.2, 0) is 48.9 Å². The minimum absolute atomic E-state index is 0.0332. The molecule has 4 aromatic heterocycles. The second-order valence-electron chi connectivity index (χ2n) is 21.1. The molecule has 0 unspecified atom stereocenters. The Balaban J connectivity index is 0.000000169. The molecule has 6 aromatic carbocycles. The normalized spacial score (nSPS) is 12.2. The average Bonchev–Trinajstić information content (AvgIpc) is 1.04. The van der Waals surface area contributed by atoms with E-state index in [1.807, 2.05) is 86.5 Å². The highest BCUT2D eigenvalue weighted by atomic mass is 19.2. The number of rotatable bonds is 12. The van der Waals surface area contributed by atoms with Gasteiger partial charge in [-0.3, -0.25) is 18.7 Å². The monoisotopic (exact) mass is 1230 g/mol. The van der Waals surface area contributed by atoms with E-state index in [9.17, 15) is 41.8 Å². The van der Waals surface area contributed by atoms with Crippen molar-refractivity contribution in [2.24, 2.45) is 0 Å². The van der Waals surface area contributed by atoms with Gasteiger partial charge in [0.2, 0.25) is 11.9 Å². The highest BCUT2D eigenvalue weighted by Crippen LogP contribution is 2.34. The van der Waals surface area contributed by atoms with Gasteiger partial charge in [-0.05, 0) is 127 Å². The molecule has 26 heteroatoms. The van der Waals surface area contributed by atoms with Gasteiger partial charge in [0.15, 0.2) is 23.3 Å². The molecule has 2 aliphatic rings. The second kappa shape index (κ2) is 29.0. The lowest BCUT2D eigenvalue weighted by molar-refractivity contribution is 0.0461. The van der Waals surface area contributed by atoms with Crippen LogP contribution in [0.1, 0.15) is 54.4 Å². The Morgan fingerprint density at radius 3 is 1.36 bits per heavy atom. The Hall–Kier alpha value is -10.5. The number of amides is 2. The Morgan fingerprint density at radius 1 is 0.544 bits per heavy atom. The van der Waals surface area contributed by atoms with Gasteiger partial charge in [-0.25, -0.2) is 57.1 Å². The van der Waals surface area contributed by atoms with Crippen LogP contribution < -0.4 is 11.5 Å². The number of benzene rings is 6. The molecule has 0 spiro atoms. The summed E-state index contributed by atoms with van der Waals surface area (Å²) in [7, 11) is 7.51. The van der Waals surface area contributed by atoms with Crippen LogP contribution in [0.4, 0.5) is 39.0 Å². The number of carbonyl (C=O) groups excluding carboxylic acids is 4. The summed E-state index contributed by atoms with van der Waals surface area (Å²) < 4.78 is 69.1. The van der Waals surface area contributed by atoms with Gasteiger partial charge >= 0.3 is 12.2 Å². The molecular formula is C64H62F4N14O8. The summed E-state index contributed by atoms with van der Waals surface area (Å²) in [6.07, 6.45) is 8.23. The van der Waals surface area contributed by atoms with Gasteiger partial charge in [-0.15, -0.1) is 0 Å². The van der Waals surface area contributed by atoms with E-state index >= 15 is 0 Å². The number of aromatic nitrogens is 8. The molecule has 0 radical (unpaired) electrons. The first-order chi connectivity index (χ1) is 43.3. The Labute approximate surface area is 513 Å². The van der Waals surface area contributed by atoms with Crippen LogP contribution in [-0.4, -0.2) is 147 Å². The van der Waals surface area contributed by atoms with E-state index < -0.39 is 36.0 Å². The van der Waals surface area contributed by atoms with Crippen molar-refractivity contribution in [1.82, 2.24) is 58.6 Å². The van der Waals surface area contributed by atoms with E-state index in [2.05, 4.69) is 29.9 Å². The van der Waals surface area contributed by atoms with Crippen molar-refractivity contribution in [3.05, 3.63) is 215 Å². The van der Waals surface area contributed by atoms with E-state index in [4.69, 9.17) is 26.0 Å². The summed E-state index contributed by atoms with van der Waals surface area (Å²) in [5.74, 6) is -4.97. The van der Waals surface area contributed by atoms with Crippen molar-refractivity contribution in [3.63, 3.8) is 0 Å². The van der Waals surface area contributed by atoms with Crippen LogP contribution in [0, 0.1) is 23.3 Å². The Morgan fingerprint density at radius 2 is 0.967 bits per heavy atom.